The highest BCUT2D eigenvalue weighted by molar-refractivity contribution is 6.30. The van der Waals surface area contributed by atoms with Crippen molar-refractivity contribution in [1.82, 2.24) is 0 Å². The Morgan fingerprint density at radius 1 is 1.22 bits per heavy atom. The van der Waals surface area contributed by atoms with Crippen LogP contribution in [0, 0.1) is 10.1 Å². The molecule has 0 radical (unpaired) electrons. The molecule has 23 heavy (non-hydrogen) atoms. The van der Waals surface area contributed by atoms with Crippen LogP contribution in [0.4, 0.5) is 5.69 Å². The second kappa shape index (κ2) is 7.60. The molecule has 120 valence electrons. The number of halogens is 1. The molecular weight excluding hydrogens is 322 g/mol. The van der Waals surface area contributed by atoms with Gasteiger partial charge in [0.05, 0.1) is 18.0 Å². The Kier molecular flexibility index (Phi) is 5.54. The van der Waals surface area contributed by atoms with Crippen LogP contribution >= 0.6 is 11.6 Å². The van der Waals surface area contributed by atoms with Crippen LogP contribution in [0.1, 0.15) is 12.5 Å². The van der Waals surface area contributed by atoms with Crippen molar-refractivity contribution in [3.63, 3.8) is 0 Å². The van der Waals surface area contributed by atoms with E-state index in [0.29, 0.717) is 10.8 Å². The lowest BCUT2D eigenvalue weighted by Crippen LogP contribution is -2.09. The molecule has 0 bridgehead atoms. The van der Waals surface area contributed by atoms with E-state index in [-0.39, 0.29) is 30.0 Å². The molecule has 0 heterocycles. The minimum atomic E-state index is -0.570. The molecule has 7 heteroatoms. The normalized spacial score (nSPS) is 10.2. The molecule has 2 rings (SSSR count). The molecule has 0 fully saturated rings. The zero-order chi connectivity index (χ0) is 16.8. The number of carbonyl (C=O) groups is 1. The molecule has 0 aromatic heterocycles. The van der Waals surface area contributed by atoms with E-state index in [1.807, 2.05) is 0 Å². The summed E-state index contributed by atoms with van der Waals surface area (Å²) in [4.78, 5) is 22.4. The van der Waals surface area contributed by atoms with Crippen molar-refractivity contribution < 1.29 is 19.2 Å². The minimum Gasteiger partial charge on any atom is -0.466 e. The van der Waals surface area contributed by atoms with Crippen molar-refractivity contribution in [2.45, 2.75) is 13.3 Å². The Balaban J connectivity index is 2.33. The maximum Gasteiger partial charge on any atom is 0.315 e. The van der Waals surface area contributed by atoms with Gasteiger partial charge in [-0.2, -0.15) is 0 Å². The lowest BCUT2D eigenvalue weighted by molar-refractivity contribution is -0.386. The Labute approximate surface area is 137 Å². The summed E-state index contributed by atoms with van der Waals surface area (Å²) >= 11 is 5.79. The van der Waals surface area contributed by atoms with Crippen molar-refractivity contribution in [1.29, 1.82) is 0 Å². The molecule has 6 nitrogen and oxygen atoms in total. The third-order valence-electron chi connectivity index (χ3n) is 2.95. The maximum absolute atomic E-state index is 11.6. The summed E-state index contributed by atoms with van der Waals surface area (Å²) in [5.41, 5.74) is -0.0181. The maximum atomic E-state index is 11.6. The summed E-state index contributed by atoms with van der Waals surface area (Å²) in [6.07, 6.45) is -0.192. The van der Waals surface area contributed by atoms with E-state index in [0.717, 1.165) is 0 Å². The molecule has 0 aliphatic carbocycles. The quantitative estimate of drug-likeness (QED) is 0.450. The number of benzene rings is 2. The predicted octanol–water partition coefficient (Wildman–Crippen LogP) is 4.15. The van der Waals surface area contributed by atoms with Gasteiger partial charge in [0, 0.05) is 10.6 Å². The highest BCUT2D eigenvalue weighted by Gasteiger charge is 2.23. The van der Waals surface area contributed by atoms with Crippen LogP contribution in [0.5, 0.6) is 11.5 Å². The van der Waals surface area contributed by atoms with Crippen LogP contribution < -0.4 is 4.74 Å². The van der Waals surface area contributed by atoms with Crippen LogP contribution in [0.15, 0.2) is 42.5 Å². The monoisotopic (exact) mass is 335 g/mol. The van der Waals surface area contributed by atoms with Gasteiger partial charge in [-0.1, -0.05) is 23.7 Å². The van der Waals surface area contributed by atoms with Gasteiger partial charge in [-0.15, -0.1) is 0 Å². The number of hydrogen-bond acceptors (Lipinski definition) is 5. The van der Waals surface area contributed by atoms with Crippen LogP contribution in [-0.4, -0.2) is 17.5 Å². The first-order valence-corrected chi connectivity index (χ1v) is 7.24. The molecule has 0 amide bonds. The highest BCUT2D eigenvalue weighted by Crippen LogP contribution is 2.35. The van der Waals surface area contributed by atoms with Gasteiger partial charge in [0.2, 0.25) is 5.75 Å². The van der Waals surface area contributed by atoms with Gasteiger partial charge in [0.15, 0.2) is 0 Å². The molecule has 0 saturated carbocycles. The van der Waals surface area contributed by atoms with E-state index in [1.165, 1.54) is 12.1 Å². The van der Waals surface area contributed by atoms with Crippen LogP contribution in [0.25, 0.3) is 0 Å². The number of carbonyl (C=O) groups excluding carboxylic acids is 1. The number of esters is 1. The van der Waals surface area contributed by atoms with E-state index in [1.54, 1.807) is 37.3 Å². The Hall–Kier alpha value is -2.60. The number of para-hydroxylation sites is 1. The van der Waals surface area contributed by atoms with Gasteiger partial charge in [-0.05, 0) is 37.3 Å². The zero-order valence-corrected chi connectivity index (χ0v) is 13.1. The second-order valence-electron chi connectivity index (χ2n) is 4.56. The number of rotatable bonds is 6. The molecule has 0 N–H and O–H groups in total. The molecule has 0 saturated heterocycles. The minimum absolute atomic E-state index is 0.0547. The van der Waals surface area contributed by atoms with E-state index in [9.17, 15) is 14.9 Å². The van der Waals surface area contributed by atoms with E-state index >= 15 is 0 Å². The van der Waals surface area contributed by atoms with E-state index < -0.39 is 10.9 Å². The smallest absolute Gasteiger partial charge is 0.315 e. The molecule has 0 aliphatic heterocycles. The average Bonchev–Trinajstić information content (AvgIpc) is 2.49. The first-order chi connectivity index (χ1) is 11.0. The van der Waals surface area contributed by atoms with Crippen molar-refractivity contribution in [2.75, 3.05) is 6.61 Å². The molecule has 0 aliphatic rings. The highest BCUT2D eigenvalue weighted by atomic mass is 35.5. The summed E-state index contributed by atoms with van der Waals surface area (Å²) in [5, 5.41) is 11.9. The van der Waals surface area contributed by atoms with E-state index in [2.05, 4.69) is 0 Å². The fourth-order valence-corrected chi connectivity index (χ4v) is 2.12. The SMILES string of the molecule is CCOC(=O)Cc1cccc(Oc2ccc(Cl)cc2)c1[N+](=O)[O-]. The van der Waals surface area contributed by atoms with Gasteiger partial charge < -0.3 is 9.47 Å². The topological polar surface area (TPSA) is 78.7 Å². The number of nitro groups is 1. The first kappa shape index (κ1) is 16.8. The number of nitrogens with zero attached hydrogens (tertiary/aromatic N) is 1. The van der Waals surface area contributed by atoms with Gasteiger partial charge in [0.25, 0.3) is 0 Å². The van der Waals surface area contributed by atoms with Gasteiger partial charge >= 0.3 is 11.7 Å². The van der Waals surface area contributed by atoms with Crippen molar-refractivity contribution in [2.24, 2.45) is 0 Å². The predicted molar refractivity (Wildman–Crippen MR) is 85.0 cm³/mol. The zero-order valence-electron chi connectivity index (χ0n) is 12.3. The van der Waals surface area contributed by atoms with Gasteiger partial charge in [-0.3, -0.25) is 14.9 Å². The van der Waals surface area contributed by atoms with Crippen LogP contribution in [-0.2, 0) is 16.0 Å². The summed E-state index contributed by atoms with van der Waals surface area (Å²) in [7, 11) is 0. The standard InChI is InChI=1S/C16H14ClNO5/c1-2-22-15(19)10-11-4-3-5-14(16(11)18(20)21)23-13-8-6-12(17)7-9-13/h3-9H,2,10H2,1H3. The molecule has 0 unspecified atom stereocenters. The Morgan fingerprint density at radius 2 is 1.91 bits per heavy atom. The van der Waals surface area contributed by atoms with Crippen molar-refractivity contribution >= 4 is 23.3 Å². The summed E-state index contributed by atoms with van der Waals surface area (Å²) in [5.74, 6) is -0.0656. The van der Waals surface area contributed by atoms with Crippen molar-refractivity contribution in [3.8, 4) is 11.5 Å². The third kappa shape index (κ3) is 4.43. The number of nitro benzene ring substituents is 1. The lowest BCUT2D eigenvalue weighted by Gasteiger charge is -2.09. The third-order valence-corrected chi connectivity index (χ3v) is 3.20. The van der Waals surface area contributed by atoms with Crippen molar-refractivity contribution in [3.05, 3.63) is 63.2 Å². The average molecular weight is 336 g/mol. The van der Waals surface area contributed by atoms with Crippen LogP contribution in [0.2, 0.25) is 5.02 Å². The Morgan fingerprint density at radius 3 is 2.52 bits per heavy atom. The largest absolute Gasteiger partial charge is 0.466 e. The number of ether oxygens (including phenoxy) is 2. The second-order valence-corrected chi connectivity index (χ2v) is 5.00. The molecule has 0 spiro atoms. The summed E-state index contributed by atoms with van der Waals surface area (Å²) < 4.78 is 10.4. The Bertz CT molecular complexity index is 715. The fraction of sp³-hybridized carbons (Fsp3) is 0.188. The van der Waals surface area contributed by atoms with Crippen LogP contribution in [0.3, 0.4) is 0 Å². The first-order valence-electron chi connectivity index (χ1n) is 6.86. The number of hydrogen-bond donors (Lipinski definition) is 0. The van der Waals surface area contributed by atoms with Gasteiger partial charge in [-0.25, -0.2) is 0 Å². The van der Waals surface area contributed by atoms with Gasteiger partial charge in [0.1, 0.15) is 5.75 Å². The lowest BCUT2D eigenvalue weighted by atomic mass is 10.1. The molecule has 0 atom stereocenters. The summed E-state index contributed by atoms with van der Waals surface area (Å²) in [6.45, 7) is 1.89. The molecule has 2 aromatic rings. The van der Waals surface area contributed by atoms with E-state index in [4.69, 9.17) is 21.1 Å². The molecule has 2 aromatic carbocycles. The fourth-order valence-electron chi connectivity index (χ4n) is 2.00. The summed E-state index contributed by atoms with van der Waals surface area (Å²) in [6, 6.07) is 11.0. The molecular formula is C16H14ClNO5.